The highest BCUT2D eigenvalue weighted by molar-refractivity contribution is 5.04. The topological polar surface area (TPSA) is 37.8 Å². The van der Waals surface area contributed by atoms with Crippen LogP contribution in [0.15, 0.2) is 11.0 Å². The fraction of sp³-hybridized carbons (Fsp3) is 0.727. The van der Waals surface area contributed by atoms with E-state index in [1.54, 1.807) is 4.68 Å². The fourth-order valence-electron chi connectivity index (χ4n) is 1.48. The molecule has 0 radical (unpaired) electrons. The zero-order valence-corrected chi connectivity index (χ0v) is 9.18. The van der Waals surface area contributed by atoms with Crippen LogP contribution >= 0.6 is 0 Å². The number of H-pyrrole nitrogens is 1. The lowest BCUT2D eigenvalue weighted by atomic mass is 10.2. The minimum Gasteiger partial charge on any atom is -0.303 e. The standard InChI is InChI=1S/C11H20N2O/c1-3-5-7-10-9-12-13(11(10)14)8-6-4-2/h9,12H,3-8H2,1-2H3. The molecule has 0 aliphatic carbocycles. The molecule has 0 spiro atoms. The molecule has 3 nitrogen and oxygen atoms in total. The Morgan fingerprint density at radius 1 is 1.29 bits per heavy atom. The van der Waals surface area contributed by atoms with Gasteiger partial charge in [-0.2, -0.15) is 0 Å². The molecule has 0 saturated carbocycles. The first kappa shape index (κ1) is 11.1. The summed E-state index contributed by atoms with van der Waals surface area (Å²) in [6.45, 7) is 5.09. The average molecular weight is 196 g/mol. The molecule has 0 amide bonds. The van der Waals surface area contributed by atoms with Crippen molar-refractivity contribution in [2.24, 2.45) is 0 Å². The van der Waals surface area contributed by atoms with Crippen molar-refractivity contribution in [2.45, 2.75) is 52.5 Å². The van der Waals surface area contributed by atoms with Crippen LogP contribution in [0.4, 0.5) is 0 Å². The molecule has 1 N–H and O–H groups in total. The van der Waals surface area contributed by atoms with Crippen molar-refractivity contribution >= 4 is 0 Å². The zero-order valence-electron chi connectivity index (χ0n) is 9.18. The van der Waals surface area contributed by atoms with Crippen LogP contribution < -0.4 is 5.56 Å². The second-order valence-corrected chi connectivity index (χ2v) is 3.71. The molecule has 0 unspecified atom stereocenters. The fourth-order valence-corrected chi connectivity index (χ4v) is 1.48. The van der Waals surface area contributed by atoms with E-state index in [0.717, 1.165) is 44.2 Å². The van der Waals surface area contributed by atoms with E-state index in [4.69, 9.17) is 0 Å². The summed E-state index contributed by atoms with van der Waals surface area (Å²) < 4.78 is 1.72. The Labute approximate surface area is 85.1 Å². The van der Waals surface area contributed by atoms with E-state index in [1.807, 2.05) is 6.20 Å². The molecule has 1 rings (SSSR count). The first-order chi connectivity index (χ1) is 6.79. The summed E-state index contributed by atoms with van der Waals surface area (Å²) in [6.07, 6.45) is 7.18. The van der Waals surface area contributed by atoms with Crippen molar-refractivity contribution in [3.05, 3.63) is 22.1 Å². The second-order valence-electron chi connectivity index (χ2n) is 3.71. The van der Waals surface area contributed by atoms with Gasteiger partial charge in [0.15, 0.2) is 0 Å². The quantitative estimate of drug-likeness (QED) is 0.745. The third kappa shape index (κ3) is 2.76. The summed E-state index contributed by atoms with van der Waals surface area (Å²) in [6, 6.07) is 0. The van der Waals surface area contributed by atoms with Gasteiger partial charge in [0.1, 0.15) is 0 Å². The molecule has 0 aliphatic heterocycles. The Balaban J connectivity index is 2.60. The highest BCUT2D eigenvalue weighted by Gasteiger charge is 2.04. The molecular formula is C11H20N2O. The Morgan fingerprint density at radius 2 is 2.00 bits per heavy atom. The Bertz CT molecular complexity index is 283. The summed E-state index contributed by atoms with van der Waals surface area (Å²) in [4.78, 5) is 11.7. The molecule has 14 heavy (non-hydrogen) atoms. The molecule has 0 aliphatic rings. The lowest BCUT2D eigenvalue weighted by Crippen LogP contribution is -2.19. The van der Waals surface area contributed by atoms with Gasteiger partial charge in [-0.05, 0) is 19.3 Å². The molecule has 1 aromatic rings. The van der Waals surface area contributed by atoms with E-state index in [1.165, 1.54) is 0 Å². The van der Waals surface area contributed by atoms with Gasteiger partial charge in [0.2, 0.25) is 0 Å². The van der Waals surface area contributed by atoms with Gasteiger partial charge in [-0.1, -0.05) is 26.7 Å². The SMILES string of the molecule is CCCCc1c[nH]n(CCCC)c1=O. The molecule has 1 aromatic heterocycles. The number of nitrogens with one attached hydrogen (secondary N) is 1. The van der Waals surface area contributed by atoms with Crippen molar-refractivity contribution in [1.29, 1.82) is 0 Å². The minimum absolute atomic E-state index is 0.173. The van der Waals surface area contributed by atoms with Gasteiger partial charge < -0.3 is 5.10 Å². The maximum Gasteiger partial charge on any atom is 0.269 e. The van der Waals surface area contributed by atoms with E-state index in [0.29, 0.717) is 0 Å². The average Bonchev–Trinajstić information content (AvgIpc) is 2.54. The van der Waals surface area contributed by atoms with Gasteiger partial charge in [0, 0.05) is 18.3 Å². The maximum absolute atomic E-state index is 11.7. The Morgan fingerprint density at radius 3 is 2.64 bits per heavy atom. The van der Waals surface area contributed by atoms with Crippen LogP contribution in [-0.2, 0) is 13.0 Å². The molecule has 0 atom stereocenters. The van der Waals surface area contributed by atoms with Crippen LogP contribution in [0.2, 0.25) is 0 Å². The Kier molecular flexibility index (Phi) is 4.50. The van der Waals surface area contributed by atoms with Gasteiger partial charge >= 0.3 is 0 Å². The highest BCUT2D eigenvalue weighted by atomic mass is 16.1. The maximum atomic E-state index is 11.7. The number of aromatic amines is 1. The van der Waals surface area contributed by atoms with Crippen molar-refractivity contribution in [2.75, 3.05) is 0 Å². The van der Waals surface area contributed by atoms with Crippen molar-refractivity contribution in [3.8, 4) is 0 Å². The minimum atomic E-state index is 0.173. The monoisotopic (exact) mass is 196 g/mol. The molecular weight excluding hydrogens is 176 g/mol. The summed E-state index contributed by atoms with van der Waals surface area (Å²) in [5.41, 5.74) is 1.11. The molecule has 3 heteroatoms. The zero-order chi connectivity index (χ0) is 10.4. The van der Waals surface area contributed by atoms with Crippen LogP contribution in [0.25, 0.3) is 0 Å². The normalized spacial score (nSPS) is 10.7. The number of hydrogen-bond donors (Lipinski definition) is 1. The third-order valence-electron chi connectivity index (χ3n) is 2.45. The molecule has 0 fully saturated rings. The molecule has 0 saturated heterocycles. The van der Waals surface area contributed by atoms with Crippen molar-refractivity contribution < 1.29 is 0 Å². The molecule has 80 valence electrons. The van der Waals surface area contributed by atoms with Gasteiger partial charge in [0.25, 0.3) is 5.56 Å². The van der Waals surface area contributed by atoms with E-state index in [9.17, 15) is 4.79 Å². The summed E-state index contributed by atoms with van der Waals surface area (Å²) >= 11 is 0. The van der Waals surface area contributed by atoms with Gasteiger partial charge in [-0.3, -0.25) is 9.48 Å². The number of nitrogens with zero attached hydrogens (tertiary/aromatic N) is 1. The highest BCUT2D eigenvalue weighted by Crippen LogP contribution is 1.99. The smallest absolute Gasteiger partial charge is 0.269 e. The third-order valence-corrected chi connectivity index (χ3v) is 2.45. The predicted octanol–water partition coefficient (Wildman–Crippen LogP) is 2.32. The first-order valence-electron chi connectivity index (χ1n) is 5.56. The number of rotatable bonds is 6. The van der Waals surface area contributed by atoms with E-state index >= 15 is 0 Å². The van der Waals surface area contributed by atoms with E-state index in [-0.39, 0.29) is 5.56 Å². The van der Waals surface area contributed by atoms with E-state index in [2.05, 4.69) is 18.9 Å². The lowest BCUT2D eigenvalue weighted by molar-refractivity contribution is 0.556. The number of unbranched alkanes of at least 4 members (excludes halogenated alkanes) is 2. The molecule has 0 aromatic carbocycles. The van der Waals surface area contributed by atoms with Gasteiger partial charge in [0.05, 0.1) is 0 Å². The van der Waals surface area contributed by atoms with E-state index < -0.39 is 0 Å². The van der Waals surface area contributed by atoms with Gasteiger partial charge in [-0.25, -0.2) is 0 Å². The van der Waals surface area contributed by atoms with Crippen LogP contribution in [0.1, 0.15) is 45.1 Å². The van der Waals surface area contributed by atoms with Gasteiger partial charge in [-0.15, -0.1) is 0 Å². The lowest BCUT2D eigenvalue weighted by Gasteiger charge is -1.97. The van der Waals surface area contributed by atoms with Crippen LogP contribution in [0.5, 0.6) is 0 Å². The van der Waals surface area contributed by atoms with Crippen LogP contribution in [-0.4, -0.2) is 9.78 Å². The summed E-state index contributed by atoms with van der Waals surface area (Å²) in [5.74, 6) is 0. The predicted molar refractivity (Wildman–Crippen MR) is 58.6 cm³/mol. The van der Waals surface area contributed by atoms with Crippen LogP contribution in [0, 0.1) is 0 Å². The number of aromatic nitrogens is 2. The van der Waals surface area contributed by atoms with Crippen molar-refractivity contribution in [1.82, 2.24) is 9.78 Å². The molecule has 1 heterocycles. The Hall–Kier alpha value is -0.990. The van der Waals surface area contributed by atoms with Crippen molar-refractivity contribution in [3.63, 3.8) is 0 Å². The number of aryl methyl sites for hydroxylation is 2. The summed E-state index contributed by atoms with van der Waals surface area (Å²) in [5, 5.41) is 3.02. The first-order valence-corrected chi connectivity index (χ1v) is 5.56. The molecule has 0 bridgehead atoms. The number of hydrogen-bond acceptors (Lipinski definition) is 1. The summed E-state index contributed by atoms with van der Waals surface area (Å²) in [7, 11) is 0. The largest absolute Gasteiger partial charge is 0.303 e. The van der Waals surface area contributed by atoms with Crippen LogP contribution in [0.3, 0.4) is 0 Å². The second kappa shape index (κ2) is 5.68.